The molecule has 0 amide bonds. The summed E-state index contributed by atoms with van der Waals surface area (Å²) in [6.45, 7) is 1.95. The van der Waals surface area contributed by atoms with Crippen LogP contribution in [0, 0.1) is 11.3 Å². The molecule has 1 atom stereocenters. The van der Waals surface area contributed by atoms with Gasteiger partial charge in [0.2, 0.25) is 0 Å². The van der Waals surface area contributed by atoms with Crippen LogP contribution >= 0.6 is 0 Å². The Hall–Kier alpha value is -3.00. The minimum Gasteiger partial charge on any atom is -0.480 e. The molecule has 0 aromatic heterocycles. The van der Waals surface area contributed by atoms with Crippen LogP contribution in [0.1, 0.15) is 17.5 Å². The van der Waals surface area contributed by atoms with Crippen LogP contribution in [0.15, 0.2) is 24.3 Å². The third kappa shape index (κ3) is 8.33. The maximum atomic E-state index is 12.0. The van der Waals surface area contributed by atoms with Gasteiger partial charge >= 0.3 is 17.9 Å². The van der Waals surface area contributed by atoms with Gasteiger partial charge in [-0.15, -0.1) is 0 Å². The van der Waals surface area contributed by atoms with Gasteiger partial charge in [0.05, 0.1) is 24.7 Å². The van der Waals surface area contributed by atoms with Crippen molar-refractivity contribution in [3.8, 4) is 6.07 Å². The van der Waals surface area contributed by atoms with Crippen LogP contribution in [-0.2, 0) is 20.8 Å². The summed E-state index contributed by atoms with van der Waals surface area (Å²) in [5.41, 5.74) is 1.46. The first-order valence-electron chi connectivity index (χ1n) is 10.1. The van der Waals surface area contributed by atoms with Crippen molar-refractivity contribution in [2.75, 3.05) is 52.4 Å². The van der Waals surface area contributed by atoms with Gasteiger partial charge in [0.1, 0.15) is 6.04 Å². The molecule has 1 aromatic rings. The first kappa shape index (κ1) is 24.3. The zero-order valence-electron chi connectivity index (χ0n) is 17.3. The number of nitrogens with zero attached hydrogens (tertiary/aromatic N) is 4. The predicted octanol–water partition coefficient (Wildman–Crippen LogP) is 0.0329. The molecular formula is C21H28N4O6. The average Bonchev–Trinajstić information content (AvgIpc) is 2.80. The number of hydrogen-bond donors (Lipinski definition) is 3. The first-order valence-corrected chi connectivity index (χ1v) is 10.1. The molecule has 0 spiro atoms. The van der Waals surface area contributed by atoms with Gasteiger partial charge in [0.25, 0.3) is 0 Å². The normalized spacial score (nSPS) is 17.6. The molecule has 1 aliphatic rings. The molecule has 0 radical (unpaired) electrons. The van der Waals surface area contributed by atoms with E-state index in [0.717, 1.165) is 5.56 Å². The van der Waals surface area contributed by atoms with Crippen molar-refractivity contribution in [3.63, 3.8) is 0 Å². The third-order valence-corrected chi connectivity index (χ3v) is 5.37. The van der Waals surface area contributed by atoms with Crippen molar-refractivity contribution in [1.29, 1.82) is 5.26 Å². The van der Waals surface area contributed by atoms with Crippen LogP contribution in [0.4, 0.5) is 0 Å². The number of benzene rings is 1. The van der Waals surface area contributed by atoms with Gasteiger partial charge in [0.15, 0.2) is 0 Å². The summed E-state index contributed by atoms with van der Waals surface area (Å²) < 4.78 is 0. The Morgan fingerprint density at radius 3 is 1.77 bits per heavy atom. The van der Waals surface area contributed by atoms with Crippen LogP contribution in [-0.4, -0.2) is 106 Å². The molecule has 10 nitrogen and oxygen atoms in total. The fraction of sp³-hybridized carbons (Fsp3) is 0.524. The molecule has 1 saturated heterocycles. The maximum Gasteiger partial charge on any atom is 0.320 e. The van der Waals surface area contributed by atoms with Crippen LogP contribution < -0.4 is 0 Å². The van der Waals surface area contributed by atoms with Crippen molar-refractivity contribution in [1.82, 2.24) is 14.7 Å². The molecular weight excluding hydrogens is 404 g/mol. The number of aryl methyl sites for hydroxylation is 1. The zero-order valence-corrected chi connectivity index (χ0v) is 17.3. The molecule has 31 heavy (non-hydrogen) atoms. The Balaban J connectivity index is 2.11. The van der Waals surface area contributed by atoms with Gasteiger partial charge in [0, 0.05) is 39.3 Å². The largest absolute Gasteiger partial charge is 0.480 e. The smallest absolute Gasteiger partial charge is 0.320 e. The summed E-state index contributed by atoms with van der Waals surface area (Å²) >= 11 is 0. The monoisotopic (exact) mass is 432 g/mol. The van der Waals surface area contributed by atoms with E-state index in [-0.39, 0.29) is 13.1 Å². The molecule has 10 heteroatoms. The minimum absolute atomic E-state index is 0.183. The number of carboxylic acids is 3. The van der Waals surface area contributed by atoms with Crippen LogP contribution in [0.3, 0.4) is 0 Å². The van der Waals surface area contributed by atoms with E-state index in [1.54, 1.807) is 39.0 Å². The van der Waals surface area contributed by atoms with Gasteiger partial charge in [-0.05, 0) is 30.5 Å². The number of rotatable bonds is 9. The zero-order chi connectivity index (χ0) is 22.8. The molecule has 1 aliphatic heterocycles. The van der Waals surface area contributed by atoms with Crippen LogP contribution in [0.5, 0.6) is 0 Å². The lowest BCUT2D eigenvalue weighted by Crippen LogP contribution is -2.47. The predicted molar refractivity (Wildman–Crippen MR) is 111 cm³/mol. The summed E-state index contributed by atoms with van der Waals surface area (Å²) in [6, 6.07) is 8.26. The molecule has 0 saturated carbocycles. The average molecular weight is 432 g/mol. The second-order valence-electron chi connectivity index (χ2n) is 7.58. The summed E-state index contributed by atoms with van der Waals surface area (Å²) in [4.78, 5) is 39.5. The number of carboxylic acid groups (broad SMARTS) is 3. The highest BCUT2D eigenvalue weighted by atomic mass is 16.4. The molecule has 1 aromatic carbocycles. The Morgan fingerprint density at radius 2 is 1.35 bits per heavy atom. The summed E-state index contributed by atoms with van der Waals surface area (Å²) in [5, 5.41) is 37.0. The van der Waals surface area contributed by atoms with E-state index in [1.807, 2.05) is 6.07 Å². The lowest BCUT2D eigenvalue weighted by molar-refractivity contribution is -0.144. The number of aliphatic carboxylic acids is 3. The highest BCUT2D eigenvalue weighted by Crippen LogP contribution is 2.13. The molecule has 1 heterocycles. The molecule has 2 rings (SSSR count). The Morgan fingerprint density at radius 1 is 0.871 bits per heavy atom. The van der Waals surface area contributed by atoms with Crippen molar-refractivity contribution in [2.24, 2.45) is 0 Å². The summed E-state index contributed by atoms with van der Waals surface area (Å²) in [5.74, 6) is -2.93. The lowest BCUT2D eigenvalue weighted by atomic mass is 10.0. The van der Waals surface area contributed by atoms with E-state index in [1.165, 1.54) is 0 Å². The molecule has 168 valence electrons. The molecule has 1 fully saturated rings. The van der Waals surface area contributed by atoms with E-state index in [9.17, 15) is 19.5 Å². The second-order valence-corrected chi connectivity index (χ2v) is 7.58. The Bertz CT molecular complexity index is 779. The van der Waals surface area contributed by atoms with Crippen molar-refractivity contribution >= 4 is 17.9 Å². The number of hydrogen-bond acceptors (Lipinski definition) is 7. The third-order valence-electron chi connectivity index (χ3n) is 5.37. The van der Waals surface area contributed by atoms with E-state index in [4.69, 9.17) is 15.5 Å². The van der Waals surface area contributed by atoms with Gasteiger partial charge < -0.3 is 15.3 Å². The standard InChI is InChI=1S/C21H28N4O6/c22-13-17-3-1-16(2-4-17)5-6-18(21(30)31)25-11-9-23(14-19(26)27)7-8-24(10-12-25)15-20(28)29/h1-4,18H,5-12,14-15H2,(H,26,27)(H,28,29)(H,30,31). The molecule has 1 unspecified atom stereocenters. The van der Waals surface area contributed by atoms with Gasteiger partial charge in [-0.2, -0.15) is 5.26 Å². The first-order chi connectivity index (χ1) is 14.8. The SMILES string of the molecule is N#Cc1ccc(CCC(C(=O)O)N2CCN(CC(=O)O)CCN(CC(=O)O)CC2)cc1. The molecule has 0 aliphatic carbocycles. The molecule has 0 bridgehead atoms. The number of carbonyl (C=O) groups is 3. The van der Waals surface area contributed by atoms with Gasteiger partial charge in [-0.25, -0.2) is 0 Å². The van der Waals surface area contributed by atoms with Gasteiger partial charge in [-0.1, -0.05) is 12.1 Å². The van der Waals surface area contributed by atoms with Crippen molar-refractivity contribution in [3.05, 3.63) is 35.4 Å². The van der Waals surface area contributed by atoms with Crippen LogP contribution in [0.25, 0.3) is 0 Å². The minimum atomic E-state index is -0.980. The Labute approximate surface area is 180 Å². The van der Waals surface area contributed by atoms with Crippen LogP contribution in [0.2, 0.25) is 0 Å². The topological polar surface area (TPSA) is 145 Å². The second kappa shape index (κ2) is 12.0. The number of nitriles is 1. The maximum absolute atomic E-state index is 12.0. The van der Waals surface area contributed by atoms with Crippen molar-refractivity contribution < 1.29 is 29.7 Å². The lowest BCUT2D eigenvalue weighted by Gasteiger charge is -2.30. The highest BCUT2D eigenvalue weighted by Gasteiger charge is 2.28. The fourth-order valence-electron chi connectivity index (χ4n) is 3.68. The summed E-state index contributed by atoms with van der Waals surface area (Å²) in [7, 11) is 0. The van der Waals surface area contributed by atoms with Crippen molar-refractivity contribution in [2.45, 2.75) is 18.9 Å². The van der Waals surface area contributed by atoms with E-state index >= 15 is 0 Å². The fourth-order valence-corrected chi connectivity index (χ4v) is 3.68. The van der Waals surface area contributed by atoms with E-state index < -0.39 is 23.9 Å². The summed E-state index contributed by atoms with van der Waals surface area (Å²) in [6.07, 6.45) is 0.857. The molecule has 3 N–H and O–H groups in total. The Kier molecular flexibility index (Phi) is 9.40. The highest BCUT2D eigenvalue weighted by molar-refractivity contribution is 5.73. The van der Waals surface area contributed by atoms with Gasteiger partial charge in [-0.3, -0.25) is 29.1 Å². The van der Waals surface area contributed by atoms with E-state index in [2.05, 4.69) is 0 Å². The van der Waals surface area contributed by atoms with E-state index in [0.29, 0.717) is 57.7 Å². The quantitative estimate of drug-likeness (QED) is 0.489.